The summed E-state index contributed by atoms with van der Waals surface area (Å²) in [5.74, 6) is 1.46. The van der Waals surface area contributed by atoms with Crippen LogP contribution in [0.2, 0.25) is 0 Å². The summed E-state index contributed by atoms with van der Waals surface area (Å²) in [6.07, 6.45) is 4.96. The minimum Gasteiger partial charge on any atom is -0.345 e. The number of nitrogens with zero attached hydrogens (tertiary/aromatic N) is 3. The molecular formula is C13H23N5O. The number of hydrogen-bond donors (Lipinski definition) is 2. The van der Waals surface area contributed by atoms with Crippen LogP contribution in [0.5, 0.6) is 0 Å². The summed E-state index contributed by atoms with van der Waals surface area (Å²) in [6, 6.07) is -0.149. The molecule has 106 valence electrons. The number of H-pyrrole nitrogens is 1. The molecule has 0 aliphatic carbocycles. The highest BCUT2D eigenvalue weighted by Gasteiger charge is 2.17. The number of carbonyl (C=O) groups is 1. The lowest BCUT2D eigenvalue weighted by atomic mass is 10.2. The molecule has 6 heteroatoms. The van der Waals surface area contributed by atoms with Crippen molar-refractivity contribution in [3.63, 3.8) is 0 Å². The standard InChI is InChI=1S/C13H23N5O/c1-10(13-15-11(2)16-17-13)14-12(19)9-18-7-5-3-4-6-8-18/h10H,3-9H2,1-2H3,(H,14,19)(H,15,16,17). The molecule has 1 unspecified atom stereocenters. The van der Waals surface area contributed by atoms with Crippen LogP contribution < -0.4 is 5.32 Å². The van der Waals surface area contributed by atoms with Gasteiger partial charge >= 0.3 is 0 Å². The van der Waals surface area contributed by atoms with Crippen LogP contribution in [0, 0.1) is 6.92 Å². The molecule has 2 N–H and O–H groups in total. The Balaban J connectivity index is 1.80. The molecule has 1 saturated heterocycles. The second kappa shape index (κ2) is 6.65. The van der Waals surface area contributed by atoms with Gasteiger partial charge in [0, 0.05) is 0 Å². The molecule has 0 bridgehead atoms. The second-order valence-corrected chi connectivity index (χ2v) is 5.26. The smallest absolute Gasteiger partial charge is 0.234 e. The van der Waals surface area contributed by atoms with Crippen molar-refractivity contribution in [2.45, 2.75) is 45.6 Å². The Labute approximate surface area is 114 Å². The number of aromatic amines is 1. The van der Waals surface area contributed by atoms with E-state index in [1.54, 1.807) is 0 Å². The van der Waals surface area contributed by atoms with Gasteiger partial charge in [0.05, 0.1) is 12.6 Å². The van der Waals surface area contributed by atoms with Gasteiger partial charge in [-0.2, -0.15) is 5.10 Å². The lowest BCUT2D eigenvalue weighted by Gasteiger charge is -2.20. The Hall–Kier alpha value is -1.43. The maximum absolute atomic E-state index is 12.0. The average molecular weight is 265 g/mol. The van der Waals surface area contributed by atoms with Gasteiger partial charge in [0.1, 0.15) is 5.82 Å². The zero-order valence-corrected chi connectivity index (χ0v) is 11.8. The fourth-order valence-electron chi connectivity index (χ4n) is 2.40. The molecule has 0 saturated carbocycles. The zero-order valence-electron chi connectivity index (χ0n) is 11.8. The molecule has 1 aromatic heterocycles. The maximum atomic E-state index is 12.0. The Morgan fingerprint density at radius 2 is 2.05 bits per heavy atom. The van der Waals surface area contributed by atoms with Crippen molar-refractivity contribution in [3.05, 3.63) is 11.6 Å². The predicted octanol–water partition coefficient (Wildman–Crippen LogP) is 1.17. The zero-order chi connectivity index (χ0) is 13.7. The molecule has 1 amide bonds. The van der Waals surface area contributed by atoms with Crippen molar-refractivity contribution in [1.82, 2.24) is 25.4 Å². The Kier molecular flexibility index (Phi) is 4.90. The van der Waals surface area contributed by atoms with Crippen molar-refractivity contribution < 1.29 is 4.79 Å². The highest BCUT2D eigenvalue weighted by molar-refractivity contribution is 5.78. The first-order valence-corrected chi connectivity index (χ1v) is 7.06. The molecule has 1 aliphatic heterocycles. The number of aryl methyl sites for hydroxylation is 1. The van der Waals surface area contributed by atoms with Gasteiger partial charge < -0.3 is 5.32 Å². The van der Waals surface area contributed by atoms with E-state index in [1.807, 2.05) is 13.8 Å². The van der Waals surface area contributed by atoms with Gasteiger partial charge in [-0.05, 0) is 39.8 Å². The van der Waals surface area contributed by atoms with E-state index in [-0.39, 0.29) is 11.9 Å². The highest BCUT2D eigenvalue weighted by Crippen LogP contribution is 2.10. The average Bonchev–Trinajstić information content (AvgIpc) is 2.64. The first-order chi connectivity index (χ1) is 9.15. The van der Waals surface area contributed by atoms with E-state index in [9.17, 15) is 4.79 Å². The summed E-state index contributed by atoms with van der Waals surface area (Å²) in [4.78, 5) is 18.5. The number of carbonyl (C=O) groups excluding carboxylic acids is 1. The minimum absolute atomic E-state index is 0.0526. The fraction of sp³-hybridized carbons (Fsp3) is 0.769. The van der Waals surface area contributed by atoms with Crippen LogP contribution >= 0.6 is 0 Å². The summed E-state index contributed by atoms with van der Waals surface area (Å²) in [5, 5.41) is 9.81. The summed E-state index contributed by atoms with van der Waals surface area (Å²) in [7, 11) is 0. The van der Waals surface area contributed by atoms with Gasteiger partial charge in [-0.25, -0.2) is 4.98 Å². The number of amides is 1. The molecule has 1 aromatic rings. The van der Waals surface area contributed by atoms with Crippen molar-refractivity contribution in [1.29, 1.82) is 0 Å². The predicted molar refractivity (Wildman–Crippen MR) is 72.6 cm³/mol. The van der Waals surface area contributed by atoms with Crippen molar-refractivity contribution in [3.8, 4) is 0 Å². The number of hydrogen-bond acceptors (Lipinski definition) is 4. The Bertz CT molecular complexity index is 409. The van der Waals surface area contributed by atoms with E-state index in [1.165, 1.54) is 25.7 Å². The van der Waals surface area contributed by atoms with E-state index in [0.29, 0.717) is 12.4 Å². The van der Waals surface area contributed by atoms with Crippen LogP contribution in [0.4, 0.5) is 0 Å². The van der Waals surface area contributed by atoms with E-state index in [2.05, 4.69) is 25.4 Å². The SMILES string of the molecule is Cc1nc(C(C)NC(=O)CN2CCCCCC2)n[nH]1. The Morgan fingerprint density at radius 3 is 2.63 bits per heavy atom. The maximum Gasteiger partial charge on any atom is 0.234 e. The first-order valence-electron chi connectivity index (χ1n) is 7.06. The summed E-state index contributed by atoms with van der Waals surface area (Å²) in [6.45, 7) is 6.29. The topological polar surface area (TPSA) is 73.9 Å². The number of rotatable bonds is 4. The van der Waals surface area contributed by atoms with E-state index >= 15 is 0 Å². The third kappa shape index (κ3) is 4.31. The van der Waals surface area contributed by atoms with E-state index in [0.717, 1.165) is 18.9 Å². The highest BCUT2D eigenvalue weighted by atomic mass is 16.2. The molecule has 1 aliphatic rings. The first kappa shape index (κ1) is 14.0. The molecular weight excluding hydrogens is 242 g/mol. The molecule has 6 nitrogen and oxygen atoms in total. The second-order valence-electron chi connectivity index (χ2n) is 5.26. The molecule has 1 fully saturated rings. The monoisotopic (exact) mass is 265 g/mol. The van der Waals surface area contributed by atoms with Crippen LogP contribution in [-0.2, 0) is 4.79 Å². The quantitative estimate of drug-likeness (QED) is 0.857. The lowest BCUT2D eigenvalue weighted by molar-refractivity contribution is -0.122. The van der Waals surface area contributed by atoms with Gasteiger partial charge in [0.2, 0.25) is 5.91 Å². The van der Waals surface area contributed by atoms with Gasteiger partial charge in [0.15, 0.2) is 5.82 Å². The van der Waals surface area contributed by atoms with Crippen LogP contribution in [0.3, 0.4) is 0 Å². The normalized spacial score (nSPS) is 18.8. The molecule has 2 heterocycles. The number of likely N-dealkylation sites (tertiary alicyclic amines) is 1. The van der Waals surface area contributed by atoms with E-state index in [4.69, 9.17) is 0 Å². The lowest BCUT2D eigenvalue weighted by Crippen LogP contribution is -2.39. The summed E-state index contributed by atoms with van der Waals surface area (Å²) >= 11 is 0. The molecule has 2 rings (SSSR count). The van der Waals surface area contributed by atoms with Gasteiger partial charge in [0.25, 0.3) is 0 Å². The van der Waals surface area contributed by atoms with Crippen LogP contribution in [0.15, 0.2) is 0 Å². The molecule has 1 atom stereocenters. The summed E-state index contributed by atoms with van der Waals surface area (Å²) in [5.41, 5.74) is 0. The van der Waals surface area contributed by atoms with Crippen molar-refractivity contribution >= 4 is 5.91 Å². The fourth-order valence-corrected chi connectivity index (χ4v) is 2.40. The molecule has 0 aromatic carbocycles. The third-order valence-electron chi connectivity index (χ3n) is 3.45. The Morgan fingerprint density at radius 1 is 1.37 bits per heavy atom. The molecule has 19 heavy (non-hydrogen) atoms. The minimum atomic E-state index is -0.149. The number of nitrogens with one attached hydrogen (secondary N) is 2. The van der Waals surface area contributed by atoms with Crippen LogP contribution in [0.1, 0.15) is 50.3 Å². The molecule has 0 radical (unpaired) electrons. The number of aromatic nitrogens is 3. The van der Waals surface area contributed by atoms with Gasteiger partial charge in [-0.3, -0.25) is 14.8 Å². The van der Waals surface area contributed by atoms with Gasteiger partial charge in [-0.15, -0.1) is 0 Å². The van der Waals surface area contributed by atoms with E-state index < -0.39 is 0 Å². The summed E-state index contributed by atoms with van der Waals surface area (Å²) < 4.78 is 0. The third-order valence-corrected chi connectivity index (χ3v) is 3.45. The van der Waals surface area contributed by atoms with Crippen molar-refractivity contribution in [2.75, 3.05) is 19.6 Å². The van der Waals surface area contributed by atoms with Crippen molar-refractivity contribution in [2.24, 2.45) is 0 Å². The van der Waals surface area contributed by atoms with Crippen LogP contribution in [-0.4, -0.2) is 45.6 Å². The van der Waals surface area contributed by atoms with Gasteiger partial charge in [-0.1, -0.05) is 12.8 Å². The molecule has 0 spiro atoms. The largest absolute Gasteiger partial charge is 0.345 e. The van der Waals surface area contributed by atoms with Crippen LogP contribution in [0.25, 0.3) is 0 Å².